The molecular weight excluding hydrogens is 457 g/mol. The number of aliphatic carboxylic acids is 1. The molecule has 2 aliphatic rings. The summed E-state index contributed by atoms with van der Waals surface area (Å²) < 4.78 is -2.17. The Hall–Kier alpha value is -0.320. The highest BCUT2D eigenvalue weighted by Gasteiger charge is 2.29. The Labute approximate surface area is 204 Å². The molecule has 0 atom stereocenters. The molecule has 0 bridgehead atoms. The van der Waals surface area contributed by atoms with Gasteiger partial charge in [0.25, 0.3) is 3.79 Å². The molecule has 1 N–H and O–H groups in total. The Morgan fingerprint density at radius 2 is 1.23 bits per heavy atom. The average molecular weight is 499 g/mol. The first-order valence-corrected chi connectivity index (χ1v) is 12.8. The lowest BCUT2D eigenvalue weighted by Gasteiger charge is -2.28. The van der Waals surface area contributed by atoms with Crippen LogP contribution in [-0.2, 0) is 4.79 Å². The van der Waals surface area contributed by atoms with Crippen molar-refractivity contribution in [3.63, 3.8) is 0 Å². The second kappa shape index (κ2) is 17.2. The van der Waals surface area contributed by atoms with Crippen LogP contribution in [0.5, 0.6) is 0 Å². The van der Waals surface area contributed by atoms with Crippen molar-refractivity contribution in [3.8, 4) is 0 Å². The van der Waals surface area contributed by atoms with E-state index in [4.69, 9.17) is 39.9 Å². The van der Waals surface area contributed by atoms with E-state index in [-0.39, 0.29) is 0 Å². The molecule has 8 heteroatoms. The van der Waals surface area contributed by atoms with Crippen LogP contribution in [0.4, 0.5) is 0 Å². The Balaban J connectivity index is 0.000000484. The highest BCUT2D eigenvalue weighted by Crippen LogP contribution is 2.25. The molecule has 31 heavy (non-hydrogen) atoms. The molecule has 2 fully saturated rings. The third-order valence-electron chi connectivity index (χ3n) is 5.56. The predicted octanol–water partition coefficient (Wildman–Crippen LogP) is 7.39. The van der Waals surface area contributed by atoms with Crippen LogP contribution in [0.2, 0.25) is 0 Å². The Morgan fingerprint density at radius 3 is 1.42 bits per heavy atom. The fraction of sp³-hybridized carbons (Fsp3) is 0.913. The Morgan fingerprint density at radius 1 is 0.903 bits per heavy atom. The third kappa shape index (κ3) is 16.0. The topological polar surface area (TPSA) is 65.3 Å². The summed E-state index contributed by atoms with van der Waals surface area (Å²) in [6, 6.07) is 5.42. The van der Waals surface area contributed by atoms with Crippen molar-refractivity contribution >= 4 is 46.8 Å². The molecule has 2 aliphatic carbocycles. The summed E-state index contributed by atoms with van der Waals surface area (Å²) in [6.45, 7) is 12.3. The monoisotopic (exact) mass is 497 g/mol. The maximum absolute atomic E-state index is 9.62. The van der Waals surface area contributed by atoms with Crippen molar-refractivity contribution in [2.75, 3.05) is 6.54 Å². The molecule has 0 aromatic carbocycles. The number of nitrogens with zero attached hydrogens (tertiary/aromatic N) is 3. The first-order chi connectivity index (χ1) is 14.5. The van der Waals surface area contributed by atoms with E-state index < -0.39 is 9.76 Å². The zero-order valence-corrected chi connectivity index (χ0v) is 22.2. The van der Waals surface area contributed by atoms with Crippen molar-refractivity contribution in [2.45, 2.75) is 127 Å². The molecule has 182 valence electrons. The summed E-state index contributed by atoms with van der Waals surface area (Å²) in [5.74, 6) is -1.46. The summed E-state index contributed by atoms with van der Waals surface area (Å²) in [7, 11) is 0. The zero-order valence-electron chi connectivity index (χ0n) is 19.9. The second-order valence-electron chi connectivity index (χ2n) is 8.76. The smallest absolute Gasteiger partial charge is 0.356 e. The quantitative estimate of drug-likeness (QED) is 0.317. The van der Waals surface area contributed by atoms with Crippen molar-refractivity contribution in [2.24, 2.45) is 9.98 Å². The predicted molar refractivity (Wildman–Crippen MR) is 134 cm³/mol. The highest BCUT2D eigenvalue weighted by molar-refractivity contribution is 6.75. The van der Waals surface area contributed by atoms with Crippen LogP contribution in [-0.4, -0.2) is 56.5 Å². The van der Waals surface area contributed by atoms with E-state index >= 15 is 0 Å². The maximum Gasteiger partial charge on any atom is 0.356 e. The lowest BCUT2D eigenvalue weighted by Crippen LogP contribution is -2.36. The van der Waals surface area contributed by atoms with E-state index in [1.165, 1.54) is 64.2 Å². The summed E-state index contributed by atoms with van der Waals surface area (Å²) >= 11 is 14.4. The molecule has 0 radical (unpaired) electrons. The van der Waals surface area contributed by atoms with Crippen LogP contribution < -0.4 is 0 Å². The summed E-state index contributed by atoms with van der Waals surface area (Å²) in [4.78, 5) is 21.0. The van der Waals surface area contributed by atoms with Crippen molar-refractivity contribution in [1.82, 2.24) is 4.90 Å². The molecule has 0 spiro atoms. The minimum absolute atomic E-state index is 0.533. The van der Waals surface area contributed by atoms with Crippen molar-refractivity contribution in [3.05, 3.63) is 0 Å². The van der Waals surface area contributed by atoms with Gasteiger partial charge in [0.2, 0.25) is 0 Å². The molecule has 5 nitrogen and oxygen atoms in total. The van der Waals surface area contributed by atoms with Crippen LogP contribution in [0.15, 0.2) is 9.98 Å². The van der Waals surface area contributed by atoms with Crippen LogP contribution >= 0.6 is 34.8 Å². The Kier molecular flexibility index (Phi) is 17.0. The molecule has 0 heterocycles. The largest absolute Gasteiger partial charge is 0.478 e. The van der Waals surface area contributed by atoms with Gasteiger partial charge in [-0.05, 0) is 59.9 Å². The van der Waals surface area contributed by atoms with Gasteiger partial charge in [0.15, 0.2) is 0 Å². The van der Waals surface area contributed by atoms with E-state index in [1.807, 2.05) is 0 Å². The fourth-order valence-electron chi connectivity index (χ4n) is 3.94. The molecule has 0 aliphatic heterocycles. The number of aliphatic imine (C=N–C) groups is 2. The highest BCUT2D eigenvalue weighted by atomic mass is 35.6. The van der Waals surface area contributed by atoms with E-state index in [2.05, 4.69) is 55.5 Å². The first-order valence-electron chi connectivity index (χ1n) is 11.7. The van der Waals surface area contributed by atoms with Gasteiger partial charge >= 0.3 is 5.97 Å². The number of hydrogen-bond donors (Lipinski definition) is 1. The lowest BCUT2D eigenvalue weighted by atomic mass is 9.96. The zero-order chi connectivity index (χ0) is 23.9. The third-order valence-corrected chi connectivity index (χ3v) is 6.05. The molecular formula is C23H42Cl3N3O2. The molecule has 0 amide bonds. The van der Waals surface area contributed by atoms with Gasteiger partial charge in [-0.25, -0.2) is 14.8 Å². The van der Waals surface area contributed by atoms with E-state index in [0.29, 0.717) is 24.2 Å². The minimum Gasteiger partial charge on any atom is -0.478 e. The van der Waals surface area contributed by atoms with Crippen LogP contribution in [0, 0.1) is 0 Å². The SMILES string of the molecule is C(=NC1CCCCC1)=NC1CCCCC1.CCN(C(C)C)C(C)C.O=C(O)C(Cl)(Cl)Cl. The molecule has 0 unspecified atom stereocenters. The molecule has 2 rings (SSSR count). The number of carboxylic acid groups (broad SMARTS) is 1. The van der Waals surface area contributed by atoms with Crippen LogP contribution in [0.25, 0.3) is 0 Å². The van der Waals surface area contributed by atoms with Gasteiger partial charge in [-0.3, -0.25) is 4.90 Å². The summed E-state index contributed by atoms with van der Waals surface area (Å²) in [5.41, 5.74) is 0. The molecule has 2 saturated carbocycles. The van der Waals surface area contributed by atoms with Gasteiger partial charge in [0, 0.05) is 12.1 Å². The van der Waals surface area contributed by atoms with Gasteiger partial charge in [0.05, 0.1) is 18.1 Å². The second-order valence-corrected chi connectivity index (χ2v) is 11.0. The van der Waals surface area contributed by atoms with E-state index in [1.54, 1.807) is 0 Å². The normalized spacial score (nSPS) is 17.9. The number of hydrogen-bond acceptors (Lipinski definition) is 4. The minimum atomic E-state index is -2.17. The molecule has 0 aromatic heterocycles. The number of halogens is 3. The molecule has 0 saturated heterocycles. The maximum atomic E-state index is 9.62. The number of alkyl halides is 3. The van der Waals surface area contributed by atoms with Crippen LogP contribution in [0.1, 0.15) is 98.8 Å². The number of carboxylic acids is 1. The molecule has 0 aromatic rings. The van der Waals surface area contributed by atoms with Gasteiger partial charge in [0.1, 0.15) is 0 Å². The summed E-state index contributed by atoms with van der Waals surface area (Å²) in [5, 5.41) is 7.85. The van der Waals surface area contributed by atoms with E-state index in [9.17, 15) is 4.79 Å². The summed E-state index contributed by atoms with van der Waals surface area (Å²) in [6.07, 6.45) is 13.2. The average Bonchev–Trinajstić information content (AvgIpc) is 2.70. The van der Waals surface area contributed by atoms with Crippen LogP contribution in [0.3, 0.4) is 0 Å². The lowest BCUT2D eigenvalue weighted by molar-refractivity contribution is -0.135. The Bertz CT molecular complexity index is 503. The van der Waals surface area contributed by atoms with Gasteiger partial charge in [-0.2, -0.15) is 0 Å². The van der Waals surface area contributed by atoms with Gasteiger partial charge in [-0.1, -0.05) is 80.3 Å². The number of rotatable bonds is 5. The fourth-order valence-corrected chi connectivity index (χ4v) is 3.94. The number of carbonyl (C=O) groups is 1. The first kappa shape index (κ1) is 30.7. The standard InChI is InChI=1S/C13H22N2.C8H19N.C2HCl3O2/c1-3-7-12(8-4-1)14-11-15-13-9-5-2-6-10-13;1-6-9(7(2)3)8(4)5;3-2(4,5)1(6)7/h12-13H,1-10H2;7-8H,6H2,1-5H3;(H,6,7). The van der Waals surface area contributed by atoms with Crippen molar-refractivity contribution < 1.29 is 9.90 Å². The van der Waals surface area contributed by atoms with Crippen molar-refractivity contribution in [1.29, 1.82) is 0 Å². The van der Waals surface area contributed by atoms with Gasteiger partial charge in [-0.15, -0.1) is 0 Å². The van der Waals surface area contributed by atoms with Gasteiger partial charge < -0.3 is 5.11 Å². The van der Waals surface area contributed by atoms with E-state index in [0.717, 1.165) is 6.54 Å².